The molecule has 1 aromatic heterocycles. The third kappa shape index (κ3) is 3.36. The Bertz CT molecular complexity index is 1110. The average Bonchev–Trinajstić information content (AvgIpc) is 2.93. The third-order valence-corrected chi connectivity index (χ3v) is 5.07. The first-order chi connectivity index (χ1) is 13.0. The molecule has 0 atom stereocenters. The summed E-state index contributed by atoms with van der Waals surface area (Å²) in [5, 5.41) is 19.1. The number of carbonyl (C=O) groups excluding carboxylic acids is 1. The fraction of sp³-hybridized carbons (Fsp3) is 0.136. The first-order valence-electron chi connectivity index (χ1n) is 8.34. The third-order valence-electron chi connectivity index (χ3n) is 4.73. The van der Waals surface area contributed by atoms with Gasteiger partial charge in [0, 0.05) is 29.1 Å². The van der Waals surface area contributed by atoms with E-state index in [9.17, 15) is 10.1 Å². The molecule has 2 aromatic carbocycles. The summed E-state index contributed by atoms with van der Waals surface area (Å²) in [6.07, 6.45) is 0.740. The number of hydrogen-bond donors (Lipinski definition) is 0. The van der Waals surface area contributed by atoms with Crippen molar-refractivity contribution in [2.24, 2.45) is 0 Å². The van der Waals surface area contributed by atoms with Gasteiger partial charge >= 0.3 is 0 Å². The largest absolute Gasteiger partial charge is 0.343 e. The van der Waals surface area contributed by atoms with Crippen LogP contribution in [-0.4, -0.2) is 10.9 Å². The number of hydrogen-bond acceptors (Lipinski definition) is 3. The molecule has 1 heterocycles. The van der Waals surface area contributed by atoms with E-state index in [1.165, 1.54) is 0 Å². The van der Waals surface area contributed by atoms with Crippen molar-refractivity contribution >= 4 is 17.9 Å². The van der Waals surface area contributed by atoms with Crippen molar-refractivity contribution in [1.82, 2.24) is 4.57 Å². The standard InChI is InChI=1S/C22H16ClN3O/c1-14-20(11-25)22(18-6-3-16(10-24)4-7-18)15(2)26(14)12-17-5-8-21(23)19(9-17)13-27/h3-9,13H,12H2,1-2H3. The van der Waals surface area contributed by atoms with Gasteiger partial charge in [0.2, 0.25) is 0 Å². The van der Waals surface area contributed by atoms with Gasteiger partial charge in [-0.05, 0) is 49.2 Å². The molecule has 5 heteroatoms. The molecule has 0 bridgehead atoms. The molecule has 0 saturated carbocycles. The SMILES string of the molecule is Cc1c(C#N)c(-c2ccc(C#N)cc2)c(C)n1Cc1ccc(Cl)c(C=O)c1. The van der Waals surface area contributed by atoms with Crippen LogP contribution in [0.15, 0.2) is 42.5 Å². The highest BCUT2D eigenvalue weighted by Crippen LogP contribution is 2.33. The molecule has 0 radical (unpaired) electrons. The summed E-state index contributed by atoms with van der Waals surface area (Å²) in [7, 11) is 0. The molecule has 3 rings (SSSR count). The second kappa shape index (κ2) is 7.50. The van der Waals surface area contributed by atoms with Crippen molar-refractivity contribution in [2.45, 2.75) is 20.4 Å². The van der Waals surface area contributed by atoms with Gasteiger partial charge in [0.1, 0.15) is 6.07 Å². The summed E-state index contributed by atoms with van der Waals surface area (Å²) in [5.41, 5.74) is 6.14. The van der Waals surface area contributed by atoms with Crippen molar-refractivity contribution in [2.75, 3.05) is 0 Å². The van der Waals surface area contributed by atoms with Crippen LogP contribution in [0.2, 0.25) is 5.02 Å². The molecule has 0 aliphatic rings. The number of aldehydes is 1. The maximum absolute atomic E-state index is 11.2. The molecular weight excluding hydrogens is 358 g/mol. The minimum atomic E-state index is 0.422. The molecule has 4 nitrogen and oxygen atoms in total. The zero-order valence-electron chi connectivity index (χ0n) is 15.0. The summed E-state index contributed by atoms with van der Waals surface area (Å²) in [5.74, 6) is 0. The molecule has 3 aromatic rings. The van der Waals surface area contributed by atoms with Gasteiger partial charge in [-0.15, -0.1) is 0 Å². The number of benzene rings is 2. The maximum Gasteiger partial charge on any atom is 0.151 e. The number of nitriles is 2. The van der Waals surface area contributed by atoms with Gasteiger partial charge in [0.05, 0.1) is 22.2 Å². The van der Waals surface area contributed by atoms with Crippen LogP contribution >= 0.6 is 11.6 Å². The number of halogens is 1. The minimum Gasteiger partial charge on any atom is -0.343 e. The Morgan fingerprint density at radius 2 is 1.74 bits per heavy atom. The van der Waals surface area contributed by atoms with E-state index in [2.05, 4.69) is 16.7 Å². The number of carbonyl (C=O) groups is 1. The highest BCUT2D eigenvalue weighted by atomic mass is 35.5. The van der Waals surface area contributed by atoms with Gasteiger partial charge in [0.15, 0.2) is 6.29 Å². The van der Waals surface area contributed by atoms with Gasteiger partial charge in [-0.2, -0.15) is 10.5 Å². The van der Waals surface area contributed by atoms with Crippen LogP contribution in [0.25, 0.3) is 11.1 Å². The molecule has 0 aliphatic carbocycles. The first kappa shape index (κ1) is 18.5. The Morgan fingerprint density at radius 3 is 2.33 bits per heavy atom. The van der Waals surface area contributed by atoms with Crippen LogP contribution in [-0.2, 0) is 6.54 Å². The maximum atomic E-state index is 11.2. The van der Waals surface area contributed by atoms with Crippen LogP contribution in [0.4, 0.5) is 0 Å². The zero-order valence-corrected chi connectivity index (χ0v) is 15.7. The van der Waals surface area contributed by atoms with E-state index in [1.54, 1.807) is 24.3 Å². The Kier molecular flexibility index (Phi) is 5.12. The molecule has 0 aliphatic heterocycles. The molecule has 0 saturated heterocycles. The van der Waals surface area contributed by atoms with Crippen LogP contribution in [0.3, 0.4) is 0 Å². The zero-order chi connectivity index (χ0) is 19.6. The lowest BCUT2D eigenvalue weighted by atomic mass is 10.0. The lowest BCUT2D eigenvalue weighted by molar-refractivity contribution is 0.112. The molecule has 0 unspecified atom stereocenters. The van der Waals surface area contributed by atoms with E-state index >= 15 is 0 Å². The second-order valence-corrected chi connectivity index (χ2v) is 6.69. The Labute approximate surface area is 162 Å². The Morgan fingerprint density at radius 1 is 1.04 bits per heavy atom. The van der Waals surface area contributed by atoms with E-state index in [0.29, 0.717) is 28.3 Å². The van der Waals surface area contributed by atoms with Gasteiger partial charge < -0.3 is 4.57 Å². The van der Waals surface area contributed by atoms with E-state index in [4.69, 9.17) is 16.9 Å². The van der Waals surface area contributed by atoms with Crippen LogP contribution < -0.4 is 0 Å². The van der Waals surface area contributed by atoms with Crippen LogP contribution in [0.5, 0.6) is 0 Å². The number of nitrogens with zero attached hydrogens (tertiary/aromatic N) is 3. The summed E-state index contributed by atoms with van der Waals surface area (Å²) in [6, 6.07) is 17.0. The smallest absolute Gasteiger partial charge is 0.151 e. The van der Waals surface area contributed by atoms with Crippen LogP contribution in [0.1, 0.15) is 38.4 Å². The molecule has 0 fully saturated rings. The quantitative estimate of drug-likeness (QED) is 0.602. The van der Waals surface area contributed by atoms with Gasteiger partial charge in [-0.1, -0.05) is 29.8 Å². The summed E-state index contributed by atoms with van der Waals surface area (Å²) < 4.78 is 2.06. The summed E-state index contributed by atoms with van der Waals surface area (Å²) in [4.78, 5) is 11.2. The normalized spacial score (nSPS) is 10.3. The predicted molar refractivity (Wildman–Crippen MR) is 105 cm³/mol. The van der Waals surface area contributed by atoms with Gasteiger partial charge in [-0.25, -0.2) is 0 Å². The minimum absolute atomic E-state index is 0.422. The highest BCUT2D eigenvalue weighted by Gasteiger charge is 2.19. The number of aromatic nitrogens is 1. The lowest BCUT2D eigenvalue weighted by Crippen LogP contribution is -2.04. The Balaban J connectivity index is 2.10. The molecular formula is C22H16ClN3O. The fourth-order valence-corrected chi connectivity index (χ4v) is 3.45. The topological polar surface area (TPSA) is 69.6 Å². The van der Waals surface area contributed by atoms with Gasteiger partial charge in [0.25, 0.3) is 0 Å². The van der Waals surface area contributed by atoms with E-state index < -0.39 is 0 Å². The monoisotopic (exact) mass is 373 g/mol. The summed E-state index contributed by atoms with van der Waals surface area (Å²) >= 11 is 6.01. The van der Waals surface area contributed by atoms with Crippen molar-refractivity contribution in [3.63, 3.8) is 0 Å². The van der Waals surface area contributed by atoms with Crippen molar-refractivity contribution in [3.05, 3.63) is 81.1 Å². The average molecular weight is 374 g/mol. The van der Waals surface area contributed by atoms with Crippen LogP contribution in [0, 0.1) is 36.5 Å². The highest BCUT2D eigenvalue weighted by molar-refractivity contribution is 6.32. The molecule has 0 N–H and O–H groups in total. The lowest BCUT2D eigenvalue weighted by Gasteiger charge is -2.11. The molecule has 0 spiro atoms. The Hall–Kier alpha value is -3.34. The molecule has 0 amide bonds. The van der Waals surface area contributed by atoms with Crippen molar-refractivity contribution in [1.29, 1.82) is 10.5 Å². The van der Waals surface area contributed by atoms with E-state index in [-0.39, 0.29) is 0 Å². The fourth-order valence-electron chi connectivity index (χ4n) is 3.29. The van der Waals surface area contributed by atoms with Crippen molar-refractivity contribution in [3.8, 4) is 23.3 Å². The second-order valence-electron chi connectivity index (χ2n) is 6.28. The number of rotatable bonds is 4. The van der Waals surface area contributed by atoms with E-state index in [0.717, 1.165) is 34.4 Å². The molecule has 132 valence electrons. The van der Waals surface area contributed by atoms with Gasteiger partial charge in [-0.3, -0.25) is 4.79 Å². The predicted octanol–water partition coefficient (Wildman–Crippen LogP) is 5.03. The van der Waals surface area contributed by atoms with E-state index in [1.807, 2.05) is 32.0 Å². The molecule has 27 heavy (non-hydrogen) atoms. The summed E-state index contributed by atoms with van der Waals surface area (Å²) in [6.45, 7) is 4.41. The van der Waals surface area contributed by atoms with Crippen molar-refractivity contribution < 1.29 is 4.79 Å². The first-order valence-corrected chi connectivity index (χ1v) is 8.71.